The van der Waals surface area contributed by atoms with Crippen LogP contribution in [0.15, 0.2) is 18.2 Å². The minimum atomic E-state index is -1.08. The standard InChI is InChI=1S/C14H16N2O3/c1-3-4-5-9-15-14(19)16-12-10(2)7-6-8-11(12)13(17)18/h1,6-8H,4-5,9H2,2H3,(H,17,18)(H2,15,16,19). The maximum Gasteiger partial charge on any atom is 0.337 e. The van der Waals surface area contributed by atoms with Crippen LogP contribution in [-0.2, 0) is 0 Å². The van der Waals surface area contributed by atoms with Gasteiger partial charge in [-0.05, 0) is 25.0 Å². The van der Waals surface area contributed by atoms with Crippen molar-refractivity contribution in [3.8, 4) is 12.3 Å². The molecule has 0 spiro atoms. The number of nitrogens with one attached hydrogen (secondary N) is 2. The number of aryl methyl sites for hydroxylation is 1. The van der Waals surface area contributed by atoms with E-state index in [0.29, 0.717) is 30.6 Å². The topological polar surface area (TPSA) is 78.4 Å². The van der Waals surface area contributed by atoms with Gasteiger partial charge in [0.25, 0.3) is 0 Å². The van der Waals surface area contributed by atoms with E-state index < -0.39 is 12.0 Å². The van der Waals surface area contributed by atoms with Crippen molar-refractivity contribution in [1.82, 2.24) is 5.32 Å². The van der Waals surface area contributed by atoms with Crippen molar-refractivity contribution in [1.29, 1.82) is 0 Å². The fraction of sp³-hybridized carbons (Fsp3) is 0.286. The molecule has 0 fully saturated rings. The van der Waals surface area contributed by atoms with Gasteiger partial charge >= 0.3 is 12.0 Å². The summed E-state index contributed by atoms with van der Waals surface area (Å²) in [5.41, 5.74) is 1.07. The number of unbranched alkanes of at least 4 members (excludes halogenated alkanes) is 1. The second kappa shape index (κ2) is 7.07. The first-order valence-electron chi connectivity index (χ1n) is 5.87. The fourth-order valence-electron chi connectivity index (χ4n) is 1.56. The third-order valence-electron chi connectivity index (χ3n) is 2.53. The monoisotopic (exact) mass is 260 g/mol. The van der Waals surface area contributed by atoms with E-state index in [1.165, 1.54) is 6.07 Å². The van der Waals surface area contributed by atoms with Crippen molar-refractivity contribution >= 4 is 17.7 Å². The average Bonchev–Trinajstić information content (AvgIpc) is 2.37. The molecule has 0 radical (unpaired) electrons. The normalized spacial score (nSPS) is 9.47. The van der Waals surface area contributed by atoms with Crippen molar-refractivity contribution < 1.29 is 14.7 Å². The van der Waals surface area contributed by atoms with Crippen LogP contribution in [0.5, 0.6) is 0 Å². The zero-order valence-corrected chi connectivity index (χ0v) is 10.7. The molecule has 0 aliphatic rings. The lowest BCUT2D eigenvalue weighted by Crippen LogP contribution is -2.30. The Kier molecular flexibility index (Phi) is 5.42. The largest absolute Gasteiger partial charge is 0.478 e. The zero-order valence-electron chi connectivity index (χ0n) is 10.7. The molecule has 0 aromatic heterocycles. The first-order chi connectivity index (χ1) is 9.06. The molecular weight excluding hydrogens is 244 g/mol. The van der Waals surface area contributed by atoms with Crippen LogP contribution < -0.4 is 10.6 Å². The summed E-state index contributed by atoms with van der Waals surface area (Å²) in [5.74, 6) is 1.40. The number of urea groups is 1. The number of carbonyl (C=O) groups is 2. The van der Waals surface area contributed by atoms with Crippen LogP contribution in [0.2, 0.25) is 0 Å². The summed E-state index contributed by atoms with van der Waals surface area (Å²) in [7, 11) is 0. The zero-order chi connectivity index (χ0) is 14.3. The number of benzene rings is 1. The molecule has 0 aliphatic carbocycles. The lowest BCUT2D eigenvalue weighted by atomic mass is 10.1. The van der Waals surface area contributed by atoms with Crippen molar-refractivity contribution in [2.45, 2.75) is 19.8 Å². The second-order valence-electron chi connectivity index (χ2n) is 3.99. The first kappa shape index (κ1) is 14.6. The van der Waals surface area contributed by atoms with Crippen LogP contribution in [0, 0.1) is 19.3 Å². The summed E-state index contributed by atoms with van der Waals surface area (Å²) in [6, 6.07) is 4.38. The Morgan fingerprint density at radius 1 is 1.42 bits per heavy atom. The molecule has 19 heavy (non-hydrogen) atoms. The third-order valence-corrected chi connectivity index (χ3v) is 2.53. The number of hydrogen-bond acceptors (Lipinski definition) is 2. The summed E-state index contributed by atoms with van der Waals surface area (Å²) in [5, 5.41) is 14.2. The Hall–Kier alpha value is -2.48. The number of para-hydroxylation sites is 1. The Morgan fingerprint density at radius 2 is 2.16 bits per heavy atom. The van der Waals surface area contributed by atoms with Crippen LogP contribution in [0.1, 0.15) is 28.8 Å². The molecule has 1 rings (SSSR count). The molecule has 0 heterocycles. The predicted molar refractivity (Wildman–Crippen MR) is 73.2 cm³/mol. The van der Waals surface area contributed by atoms with Gasteiger partial charge in [0, 0.05) is 13.0 Å². The number of terminal acetylenes is 1. The number of aromatic carboxylic acids is 1. The van der Waals surface area contributed by atoms with Gasteiger partial charge in [0.15, 0.2) is 0 Å². The Balaban J connectivity index is 2.69. The van der Waals surface area contributed by atoms with E-state index in [9.17, 15) is 9.59 Å². The van der Waals surface area contributed by atoms with Gasteiger partial charge in [-0.2, -0.15) is 0 Å². The summed E-state index contributed by atoms with van der Waals surface area (Å²) in [6.45, 7) is 2.19. The molecule has 0 saturated carbocycles. The SMILES string of the molecule is C#CCCCNC(=O)Nc1c(C)cccc1C(=O)O. The molecule has 0 atom stereocenters. The first-order valence-corrected chi connectivity index (χ1v) is 5.87. The van der Waals surface area contributed by atoms with Crippen molar-refractivity contribution in [3.63, 3.8) is 0 Å². The van der Waals surface area contributed by atoms with E-state index in [1.807, 2.05) is 0 Å². The van der Waals surface area contributed by atoms with Crippen LogP contribution in [0.4, 0.5) is 10.5 Å². The van der Waals surface area contributed by atoms with Crippen molar-refractivity contribution in [2.75, 3.05) is 11.9 Å². The van der Waals surface area contributed by atoms with Gasteiger partial charge in [0.05, 0.1) is 11.3 Å². The fourth-order valence-corrected chi connectivity index (χ4v) is 1.56. The summed E-state index contributed by atoms with van der Waals surface area (Å²) < 4.78 is 0. The van der Waals surface area contributed by atoms with E-state index >= 15 is 0 Å². The number of hydrogen-bond donors (Lipinski definition) is 3. The Labute approximate surface area is 112 Å². The summed E-state index contributed by atoms with van der Waals surface area (Å²) >= 11 is 0. The third kappa shape index (κ3) is 4.36. The molecule has 1 aromatic carbocycles. The number of carboxylic acid groups (broad SMARTS) is 1. The number of amides is 2. The van der Waals surface area contributed by atoms with Gasteiger partial charge in [0.1, 0.15) is 0 Å². The maximum atomic E-state index is 11.6. The van der Waals surface area contributed by atoms with E-state index in [4.69, 9.17) is 11.5 Å². The predicted octanol–water partition coefficient (Wildman–Crippen LogP) is 2.23. The minimum Gasteiger partial charge on any atom is -0.478 e. The van der Waals surface area contributed by atoms with E-state index in [1.54, 1.807) is 19.1 Å². The van der Waals surface area contributed by atoms with Crippen LogP contribution >= 0.6 is 0 Å². The molecule has 5 heteroatoms. The molecule has 5 nitrogen and oxygen atoms in total. The van der Waals surface area contributed by atoms with Gasteiger partial charge < -0.3 is 15.7 Å². The highest BCUT2D eigenvalue weighted by molar-refractivity contribution is 6.00. The van der Waals surface area contributed by atoms with E-state index in [-0.39, 0.29) is 5.56 Å². The van der Waals surface area contributed by atoms with Gasteiger partial charge in [0.2, 0.25) is 0 Å². The maximum absolute atomic E-state index is 11.6. The molecular formula is C14H16N2O3. The molecule has 1 aromatic rings. The molecule has 0 aliphatic heterocycles. The molecule has 0 bridgehead atoms. The molecule has 2 amide bonds. The second-order valence-corrected chi connectivity index (χ2v) is 3.99. The van der Waals surface area contributed by atoms with Gasteiger partial charge in [-0.15, -0.1) is 12.3 Å². The van der Waals surface area contributed by atoms with Crippen molar-refractivity contribution in [2.24, 2.45) is 0 Å². The lowest BCUT2D eigenvalue weighted by Gasteiger charge is -2.12. The van der Waals surface area contributed by atoms with Crippen LogP contribution in [-0.4, -0.2) is 23.7 Å². The highest BCUT2D eigenvalue weighted by Gasteiger charge is 2.13. The minimum absolute atomic E-state index is 0.0683. The van der Waals surface area contributed by atoms with Crippen molar-refractivity contribution in [3.05, 3.63) is 29.3 Å². The smallest absolute Gasteiger partial charge is 0.337 e. The Morgan fingerprint density at radius 3 is 2.79 bits per heavy atom. The molecule has 3 N–H and O–H groups in total. The summed E-state index contributed by atoms with van der Waals surface area (Å²) in [6.07, 6.45) is 6.37. The lowest BCUT2D eigenvalue weighted by molar-refractivity contribution is 0.0698. The number of anilines is 1. The quantitative estimate of drug-likeness (QED) is 0.561. The van der Waals surface area contributed by atoms with Crippen LogP contribution in [0.3, 0.4) is 0 Å². The van der Waals surface area contributed by atoms with Gasteiger partial charge in [-0.25, -0.2) is 9.59 Å². The molecule has 0 saturated heterocycles. The Bertz CT molecular complexity index is 518. The van der Waals surface area contributed by atoms with E-state index in [0.717, 1.165) is 0 Å². The highest BCUT2D eigenvalue weighted by Crippen LogP contribution is 2.20. The average molecular weight is 260 g/mol. The van der Waals surface area contributed by atoms with Gasteiger partial charge in [-0.1, -0.05) is 12.1 Å². The van der Waals surface area contributed by atoms with E-state index in [2.05, 4.69) is 16.6 Å². The number of carboxylic acids is 1. The highest BCUT2D eigenvalue weighted by atomic mass is 16.4. The summed E-state index contributed by atoms with van der Waals surface area (Å²) in [4.78, 5) is 22.7. The molecule has 0 unspecified atom stereocenters. The number of rotatable bonds is 5. The molecule has 100 valence electrons. The number of carbonyl (C=O) groups excluding carboxylic acids is 1. The van der Waals surface area contributed by atoms with Crippen LogP contribution in [0.25, 0.3) is 0 Å². The van der Waals surface area contributed by atoms with Gasteiger partial charge in [-0.3, -0.25) is 0 Å².